The Labute approximate surface area is 170 Å². The van der Waals surface area contributed by atoms with E-state index in [-0.39, 0.29) is 5.91 Å². The van der Waals surface area contributed by atoms with Crippen LogP contribution in [-0.4, -0.2) is 5.91 Å². The normalized spacial score (nSPS) is 11.2. The molecule has 2 aromatic rings. The van der Waals surface area contributed by atoms with Crippen LogP contribution < -0.4 is 10.0 Å². The molecule has 0 radical (unpaired) electrons. The van der Waals surface area contributed by atoms with Crippen LogP contribution in [0.5, 0.6) is 0 Å². The number of para-hydroxylation sites is 1. The molecular formula is C22H27BrN2O2. The minimum absolute atomic E-state index is 0.263. The van der Waals surface area contributed by atoms with Crippen LogP contribution in [0.2, 0.25) is 0 Å². The van der Waals surface area contributed by atoms with Crippen molar-refractivity contribution in [2.75, 3.05) is 5.32 Å². The summed E-state index contributed by atoms with van der Waals surface area (Å²) in [6, 6.07) is 6.06. The average molecular weight is 431 g/mol. The predicted molar refractivity (Wildman–Crippen MR) is 114 cm³/mol. The second kappa shape index (κ2) is 9.18. The number of amides is 1. The van der Waals surface area contributed by atoms with Gasteiger partial charge in [-0.05, 0) is 53.2 Å². The van der Waals surface area contributed by atoms with E-state index in [1.54, 1.807) is 13.8 Å². The van der Waals surface area contributed by atoms with Crippen LogP contribution in [0, 0.1) is 19.1 Å². The van der Waals surface area contributed by atoms with Gasteiger partial charge < -0.3 is 10.5 Å². The lowest BCUT2D eigenvalue weighted by Crippen LogP contribution is -2.38. The number of hydrogen-bond acceptors (Lipinski definition) is 2. The second-order valence-electron chi connectivity index (χ2n) is 6.52. The van der Waals surface area contributed by atoms with Crippen molar-refractivity contribution in [2.24, 2.45) is 0 Å². The van der Waals surface area contributed by atoms with Crippen LogP contribution in [-0.2, 0) is 19.3 Å². The highest BCUT2D eigenvalue weighted by molar-refractivity contribution is 9.10. The molecule has 5 heteroatoms. The summed E-state index contributed by atoms with van der Waals surface area (Å²) >= 11 is 3.59. The van der Waals surface area contributed by atoms with Crippen molar-refractivity contribution < 1.29 is 9.52 Å². The number of rotatable bonds is 6. The third kappa shape index (κ3) is 4.24. The monoisotopic (exact) mass is 430 g/mol. The molecule has 0 unspecified atom stereocenters. The molecule has 2 rings (SSSR count). The van der Waals surface area contributed by atoms with E-state index in [4.69, 9.17) is 0 Å². The van der Waals surface area contributed by atoms with Gasteiger partial charge in [-0.3, -0.25) is 4.79 Å². The Kier molecular flexibility index (Phi) is 7.19. The fourth-order valence-corrected chi connectivity index (χ4v) is 4.18. The molecule has 0 saturated heterocycles. The molecule has 1 heterocycles. The minimum atomic E-state index is -0.263. The Morgan fingerprint density at radius 2 is 1.78 bits per heavy atom. The van der Waals surface area contributed by atoms with Gasteiger partial charge in [0.05, 0.1) is 0 Å². The number of aryl methyl sites for hydroxylation is 2. The van der Waals surface area contributed by atoms with Crippen LogP contribution in [0.3, 0.4) is 0 Å². The lowest BCUT2D eigenvalue weighted by atomic mass is 10.0. The number of halogens is 1. The first kappa shape index (κ1) is 21.2. The van der Waals surface area contributed by atoms with Crippen molar-refractivity contribution in [3.63, 3.8) is 0 Å². The third-order valence-electron chi connectivity index (χ3n) is 4.91. The molecular weight excluding hydrogens is 404 g/mol. The molecule has 0 aliphatic rings. The molecule has 0 atom stereocenters. The van der Waals surface area contributed by atoms with Gasteiger partial charge in [0, 0.05) is 29.6 Å². The number of anilines is 1. The topological polar surface area (TPSA) is 56.0 Å². The molecule has 0 aliphatic heterocycles. The van der Waals surface area contributed by atoms with Crippen LogP contribution in [0.1, 0.15) is 59.2 Å². The van der Waals surface area contributed by atoms with Crippen LogP contribution >= 0.6 is 15.9 Å². The smallest absolute Gasteiger partial charge is 0.263 e. The first-order valence-electron chi connectivity index (χ1n) is 9.31. The number of hydrogen-bond donors (Lipinski definition) is 1. The van der Waals surface area contributed by atoms with Crippen molar-refractivity contribution >= 4 is 27.5 Å². The summed E-state index contributed by atoms with van der Waals surface area (Å²) in [5, 5.41) is 15.7. The Morgan fingerprint density at radius 1 is 1.19 bits per heavy atom. The van der Waals surface area contributed by atoms with E-state index >= 15 is 0 Å². The van der Waals surface area contributed by atoms with Gasteiger partial charge in [-0.25, -0.2) is 0 Å². The zero-order valence-corrected chi connectivity index (χ0v) is 18.2. The number of allylic oxidation sites excluding steroid dienone is 2. The van der Waals surface area contributed by atoms with Gasteiger partial charge in [0.15, 0.2) is 5.69 Å². The summed E-state index contributed by atoms with van der Waals surface area (Å²) in [7, 11) is 0. The van der Waals surface area contributed by atoms with Crippen LogP contribution in [0.15, 0.2) is 34.8 Å². The number of pyridine rings is 1. The molecule has 4 nitrogen and oxygen atoms in total. The van der Waals surface area contributed by atoms with Crippen molar-refractivity contribution in [1.82, 2.24) is 0 Å². The van der Waals surface area contributed by atoms with Gasteiger partial charge in [0.1, 0.15) is 5.56 Å². The maximum Gasteiger partial charge on any atom is 0.263 e. The molecule has 0 saturated carbocycles. The first-order valence-corrected chi connectivity index (χ1v) is 10.1. The fourth-order valence-electron chi connectivity index (χ4n) is 3.26. The SMILES string of the molecule is C/C=C/Cc1c(Br)c(C(=O)Nc2c(CC)cccc2CC)c(C)[n+]([O-])c1C. The van der Waals surface area contributed by atoms with E-state index in [1.807, 2.05) is 37.3 Å². The van der Waals surface area contributed by atoms with E-state index in [9.17, 15) is 10.0 Å². The molecule has 1 amide bonds. The van der Waals surface area contributed by atoms with Gasteiger partial charge in [-0.15, -0.1) is 0 Å². The molecule has 144 valence electrons. The summed E-state index contributed by atoms with van der Waals surface area (Å²) in [5.41, 5.74) is 5.26. The second-order valence-corrected chi connectivity index (χ2v) is 7.31. The molecule has 0 aliphatic carbocycles. The van der Waals surface area contributed by atoms with Crippen molar-refractivity contribution in [1.29, 1.82) is 0 Å². The van der Waals surface area contributed by atoms with E-state index in [0.29, 0.717) is 27.8 Å². The summed E-state index contributed by atoms with van der Waals surface area (Å²) in [6.07, 6.45) is 6.16. The predicted octanol–water partition coefficient (Wildman–Crippen LogP) is 5.20. The maximum atomic E-state index is 13.2. The molecule has 0 fully saturated rings. The Hall–Kier alpha value is -2.14. The van der Waals surface area contributed by atoms with Crippen LogP contribution in [0.4, 0.5) is 5.69 Å². The molecule has 27 heavy (non-hydrogen) atoms. The van der Waals surface area contributed by atoms with Crippen molar-refractivity contribution in [3.05, 3.63) is 73.7 Å². The molecule has 0 bridgehead atoms. The first-order chi connectivity index (χ1) is 12.9. The van der Waals surface area contributed by atoms with Crippen molar-refractivity contribution in [2.45, 2.75) is 53.9 Å². The van der Waals surface area contributed by atoms with Gasteiger partial charge in [-0.1, -0.05) is 44.2 Å². The Bertz CT molecular complexity index is 866. The quantitative estimate of drug-likeness (QED) is 0.389. The van der Waals surface area contributed by atoms with Crippen molar-refractivity contribution in [3.8, 4) is 0 Å². The largest absolute Gasteiger partial charge is 0.618 e. The molecule has 1 N–H and O–H groups in total. The van der Waals surface area contributed by atoms with E-state index in [1.165, 1.54) is 0 Å². The summed E-state index contributed by atoms with van der Waals surface area (Å²) < 4.78 is 1.54. The molecule has 0 spiro atoms. The minimum Gasteiger partial charge on any atom is -0.618 e. The lowest BCUT2D eigenvalue weighted by molar-refractivity contribution is -0.619. The van der Waals surface area contributed by atoms with Gasteiger partial charge >= 0.3 is 0 Å². The highest BCUT2D eigenvalue weighted by Crippen LogP contribution is 2.29. The zero-order chi connectivity index (χ0) is 20.1. The standard InChI is InChI=1S/C22H27BrN2O2/c1-6-9-13-18-14(4)25(27)15(5)19(20(18)23)22(26)24-21-16(7-2)11-10-12-17(21)8-3/h6,9-12H,7-8,13H2,1-5H3,(H,24,26)/b9-6+. The van der Waals surface area contributed by atoms with Gasteiger partial charge in [-0.2, -0.15) is 4.73 Å². The van der Waals surface area contributed by atoms with E-state index in [0.717, 1.165) is 39.9 Å². The maximum absolute atomic E-state index is 13.2. The molecule has 1 aromatic heterocycles. The van der Waals surface area contributed by atoms with E-state index in [2.05, 4.69) is 35.1 Å². The summed E-state index contributed by atoms with van der Waals surface area (Å²) in [5.74, 6) is -0.263. The Balaban J connectivity index is 2.56. The zero-order valence-electron chi connectivity index (χ0n) is 16.6. The number of carbonyl (C=O) groups excluding carboxylic acids is 1. The number of aromatic nitrogens is 1. The number of benzene rings is 1. The molecule has 1 aromatic carbocycles. The van der Waals surface area contributed by atoms with Crippen LogP contribution in [0.25, 0.3) is 0 Å². The van der Waals surface area contributed by atoms with Gasteiger partial charge in [0.25, 0.3) is 5.91 Å². The lowest BCUT2D eigenvalue weighted by Gasteiger charge is -2.18. The fraction of sp³-hybridized carbons (Fsp3) is 0.364. The number of nitrogens with one attached hydrogen (secondary N) is 1. The third-order valence-corrected chi connectivity index (χ3v) is 5.79. The highest BCUT2D eigenvalue weighted by atomic mass is 79.9. The number of carbonyl (C=O) groups is 1. The highest BCUT2D eigenvalue weighted by Gasteiger charge is 2.26. The Morgan fingerprint density at radius 3 is 2.30 bits per heavy atom. The number of nitrogens with zero attached hydrogens (tertiary/aromatic N) is 1. The van der Waals surface area contributed by atoms with E-state index < -0.39 is 0 Å². The van der Waals surface area contributed by atoms with Gasteiger partial charge in [0.2, 0.25) is 5.69 Å². The summed E-state index contributed by atoms with van der Waals surface area (Å²) in [6.45, 7) is 9.54. The average Bonchev–Trinajstić information content (AvgIpc) is 2.66. The summed E-state index contributed by atoms with van der Waals surface area (Å²) in [4.78, 5) is 13.2.